The number of halogens is 2. The number of benzene rings is 2. The van der Waals surface area contributed by atoms with Gasteiger partial charge < -0.3 is 19.5 Å². The van der Waals surface area contributed by atoms with Crippen LogP contribution in [-0.2, 0) is 20.8 Å². The van der Waals surface area contributed by atoms with Gasteiger partial charge in [-0.3, -0.25) is 0 Å². The molecule has 0 fully saturated rings. The summed E-state index contributed by atoms with van der Waals surface area (Å²) in [7, 11) is 1.28. The molecule has 9 heteroatoms. The molecule has 1 heterocycles. The number of esters is 2. The number of nitrogens with one attached hydrogen (secondary N) is 1. The van der Waals surface area contributed by atoms with Crippen LogP contribution in [0, 0.1) is 5.82 Å². The molecular formula is C23H21BrFNO5S. The number of ether oxygens (including phenoxy) is 3. The number of carbonyl (C=O) groups excluding carboxylic acids is 2. The highest BCUT2D eigenvalue weighted by atomic mass is 79.9. The summed E-state index contributed by atoms with van der Waals surface area (Å²) in [6, 6.07) is 13.9. The molecule has 0 amide bonds. The molecule has 0 unspecified atom stereocenters. The second-order valence-electron chi connectivity index (χ2n) is 6.55. The summed E-state index contributed by atoms with van der Waals surface area (Å²) in [4.78, 5) is 25.0. The highest BCUT2D eigenvalue weighted by Gasteiger charge is 2.25. The molecule has 0 aliphatic carbocycles. The smallest absolute Gasteiger partial charge is 0.351 e. The zero-order valence-corrected chi connectivity index (χ0v) is 19.8. The quantitative estimate of drug-likeness (QED) is 0.366. The van der Waals surface area contributed by atoms with Crippen LogP contribution in [-0.4, -0.2) is 32.3 Å². The number of hydrogen-bond donors (Lipinski definition) is 1. The summed E-state index contributed by atoms with van der Waals surface area (Å²) in [5.74, 6) is -1.14. The highest BCUT2D eigenvalue weighted by Crippen LogP contribution is 2.46. The van der Waals surface area contributed by atoms with Gasteiger partial charge in [0.05, 0.1) is 23.1 Å². The number of thiophene rings is 1. The van der Waals surface area contributed by atoms with Gasteiger partial charge in [0.2, 0.25) is 0 Å². The molecule has 0 saturated carbocycles. The predicted molar refractivity (Wildman–Crippen MR) is 125 cm³/mol. The molecular weight excluding hydrogens is 501 g/mol. The molecule has 2 aromatic carbocycles. The Morgan fingerprint density at radius 3 is 2.59 bits per heavy atom. The Labute approximate surface area is 197 Å². The molecule has 0 aliphatic heterocycles. The van der Waals surface area contributed by atoms with Gasteiger partial charge in [0.25, 0.3) is 0 Å². The minimum absolute atomic E-state index is 0.231. The lowest BCUT2D eigenvalue weighted by atomic mass is 10.1. The van der Waals surface area contributed by atoms with Crippen LogP contribution in [0.1, 0.15) is 22.2 Å². The average molecular weight is 522 g/mol. The van der Waals surface area contributed by atoms with E-state index in [0.717, 1.165) is 21.7 Å². The second-order valence-corrected chi connectivity index (χ2v) is 8.36. The molecule has 0 spiro atoms. The first-order valence-corrected chi connectivity index (χ1v) is 11.3. The molecule has 0 aliphatic rings. The predicted octanol–water partition coefficient (Wildman–Crippen LogP) is 5.66. The van der Waals surface area contributed by atoms with E-state index in [0.29, 0.717) is 11.0 Å². The SMILES string of the molecule is CCOC(=O)COc1c(C(=O)OC)sc(-c2cccc(NCc3ccc(F)cc3)c2)c1Br. The average Bonchev–Trinajstić information content (AvgIpc) is 3.13. The summed E-state index contributed by atoms with van der Waals surface area (Å²) < 4.78 is 29.0. The van der Waals surface area contributed by atoms with Crippen molar-refractivity contribution in [1.29, 1.82) is 0 Å². The van der Waals surface area contributed by atoms with E-state index in [1.54, 1.807) is 19.1 Å². The number of methoxy groups -OCH3 is 1. The van der Waals surface area contributed by atoms with Crippen LogP contribution in [0.4, 0.5) is 10.1 Å². The zero-order chi connectivity index (χ0) is 23.1. The number of hydrogen-bond acceptors (Lipinski definition) is 7. The maximum atomic E-state index is 13.1. The van der Waals surface area contributed by atoms with E-state index >= 15 is 0 Å². The van der Waals surface area contributed by atoms with E-state index in [2.05, 4.69) is 21.2 Å². The summed E-state index contributed by atoms with van der Waals surface area (Å²) in [6.07, 6.45) is 0. The van der Waals surface area contributed by atoms with E-state index in [9.17, 15) is 14.0 Å². The summed E-state index contributed by atoms with van der Waals surface area (Å²) in [5, 5.41) is 3.30. The fourth-order valence-electron chi connectivity index (χ4n) is 2.85. The van der Waals surface area contributed by atoms with Gasteiger partial charge in [0.1, 0.15) is 5.82 Å². The van der Waals surface area contributed by atoms with Gasteiger partial charge in [-0.25, -0.2) is 14.0 Å². The highest BCUT2D eigenvalue weighted by molar-refractivity contribution is 9.10. The largest absolute Gasteiger partial charge is 0.479 e. The van der Waals surface area contributed by atoms with Crippen molar-refractivity contribution in [3.05, 3.63) is 69.3 Å². The van der Waals surface area contributed by atoms with Crippen LogP contribution in [0.2, 0.25) is 0 Å². The Morgan fingerprint density at radius 1 is 1.16 bits per heavy atom. The van der Waals surface area contributed by atoms with E-state index in [1.807, 2.05) is 24.3 Å². The first kappa shape index (κ1) is 23.7. The lowest BCUT2D eigenvalue weighted by Gasteiger charge is -2.09. The van der Waals surface area contributed by atoms with Crippen molar-refractivity contribution in [2.24, 2.45) is 0 Å². The van der Waals surface area contributed by atoms with Gasteiger partial charge in [-0.05, 0) is 58.2 Å². The van der Waals surface area contributed by atoms with Gasteiger partial charge in [-0.15, -0.1) is 11.3 Å². The third kappa shape index (κ3) is 5.86. The van der Waals surface area contributed by atoms with E-state index in [1.165, 1.54) is 30.6 Å². The summed E-state index contributed by atoms with van der Waals surface area (Å²) >= 11 is 4.70. The Bertz CT molecular complexity index is 1100. The Kier molecular flexibility index (Phi) is 8.24. The number of anilines is 1. The van der Waals surface area contributed by atoms with Crippen molar-refractivity contribution in [2.45, 2.75) is 13.5 Å². The first-order valence-electron chi connectivity index (χ1n) is 9.70. The zero-order valence-electron chi connectivity index (χ0n) is 17.4. The minimum Gasteiger partial charge on any atom is -0.479 e. The fourth-order valence-corrected chi connectivity index (χ4v) is 4.82. The number of rotatable bonds is 9. The number of carbonyl (C=O) groups is 2. The monoisotopic (exact) mass is 521 g/mol. The fraction of sp³-hybridized carbons (Fsp3) is 0.217. The summed E-state index contributed by atoms with van der Waals surface area (Å²) in [5.41, 5.74) is 2.62. The molecule has 3 aromatic rings. The van der Waals surface area contributed by atoms with E-state index in [-0.39, 0.29) is 29.7 Å². The van der Waals surface area contributed by atoms with Gasteiger partial charge in [-0.2, -0.15) is 0 Å². The van der Waals surface area contributed by atoms with Crippen LogP contribution in [0.3, 0.4) is 0 Å². The van der Waals surface area contributed by atoms with Crippen molar-refractivity contribution >= 4 is 44.9 Å². The third-order valence-corrected chi connectivity index (χ3v) is 6.57. The van der Waals surface area contributed by atoms with Crippen LogP contribution in [0.15, 0.2) is 53.0 Å². The molecule has 3 rings (SSSR count). The van der Waals surface area contributed by atoms with Crippen LogP contribution < -0.4 is 10.1 Å². The van der Waals surface area contributed by atoms with Gasteiger partial charge >= 0.3 is 11.9 Å². The van der Waals surface area contributed by atoms with Crippen molar-refractivity contribution in [3.63, 3.8) is 0 Å². The summed E-state index contributed by atoms with van der Waals surface area (Å²) in [6.45, 7) is 2.13. The van der Waals surface area contributed by atoms with E-state index in [4.69, 9.17) is 14.2 Å². The van der Waals surface area contributed by atoms with Gasteiger partial charge in [-0.1, -0.05) is 24.3 Å². The molecule has 32 heavy (non-hydrogen) atoms. The lowest BCUT2D eigenvalue weighted by molar-refractivity contribution is -0.145. The molecule has 0 saturated heterocycles. The van der Waals surface area contributed by atoms with Crippen LogP contribution >= 0.6 is 27.3 Å². The molecule has 168 valence electrons. The van der Waals surface area contributed by atoms with Gasteiger partial charge in [0, 0.05) is 12.2 Å². The maximum absolute atomic E-state index is 13.1. The van der Waals surface area contributed by atoms with Crippen molar-refractivity contribution in [1.82, 2.24) is 0 Å². The second kappa shape index (κ2) is 11.1. The minimum atomic E-state index is -0.564. The Hall–Kier alpha value is -2.91. The topological polar surface area (TPSA) is 73.9 Å². The maximum Gasteiger partial charge on any atom is 0.351 e. The van der Waals surface area contributed by atoms with E-state index < -0.39 is 11.9 Å². The molecule has 6 nitrogen and oxygen atoms in total. The third-order valence-electron chi connectivity index (χ3n) is 4.35. The molecule has 1 aromatic heterocycles. The molecule has 0 bridgehead atoms. The standard InChI is InChI=1S/C23H21BrFNO5S/c1-3-30-18(27)13-31-20-19(24)21(32-22(20)23(28)29-2)15-5-4-6-17(11-15)26-12-14-7-9-16(25)10-8-14/h4-11,26H,3,12-13H2,1-2H3. The Morgan fingerprint density at radius 2 is 1.91 bits per heavy atom. The first-order chi connectivity index (χ1) is 15.4. The molecule has 1 N–H and O–H groups in total. The molecule has 0 atom stereocenters. The van der Waals surface area contributed by atoms with Crippen LogP contribution in [0.5, 0.6) is 5.75 Å². The Balaban J connectivity index is 1.84. The molecule has 0 radical (unpaired) electrons. The normalized spacial score (nSPS) is 10.5. The van der Waals surface area contributed by atoms with Crippen molar-refractivity contribution in [3.8, 4) is 16.2 Å². The van der Waals surface area contributed by atoms with Crippen molar-refractivity contribution < 1.29 is 28.2 Å². The van der Waals surface area contributed by atoms with Gasteiger partial charge in [0.15, 0.2) is 17.2 Å². The lowest BCUT2D eigenvalue weighted by Crippen LogP contribution is -2.15. The van der Waals surface area contributed by atoms with Crippen LogP contribution in [0.25, 0.3) is 10.4 Å². The van der Waals surface area contributed by atoms with Crippen molar-refractivity contribution in [2.75, 3.05) is 25.6 Å².